The van der Waals surface area contributed by atoms with E-state index in [2.05, 4.69) is 4.85 Å². The molecule has 0 saturated heterocycles. The van der Waals surface area contributed by atoms with Gasteiger partial charge in [0.2, 0.25) is 0 Å². The van der Waals surface area contributed by atoms with E-state index in [9.17, 15) is 4.79 Å². The number of nitrogens with zero attached hydrogens (tertiary/aromatic N) is 1. The van der Waals surface area contributed by atoms with Crippen molar-refractivity contribution in [2.24, 2.45) is 0 Å². The van der Waals surface area contributed by atoms with Gasteiger partial charge in [-0.1, -0.05) is 6.07 Å². The second-order valence-corrected chi connectivity index (χ2v) is 4.06. The van der Waals surface area contributed by atoms with Crippen LogP contribution >= 0.6 is 0 Å². The highest BCUT2D eigenvalue weighted by molar-refractivity contribution is 5.88. The van der Waals surface area contributed by atoms with Gasteiger partial charge in [0.15, 0.2) is 0 Å². The number of carboxylic acid groups (broad SMARTS) is 1. The molecule has 4 heteroatoms. The van der Waals surface area contributed by atoms with Crippen molar-refractivity contribution in [2.45, 2.75) is 19.1 Å². The van der Waals surface area contributed by atoms with Gasteiger partial charge in [-0.15, -0.1) is 0 Å². The molecule has 1 aliphatic heterocycles. The van der Waals surface area contributed by atoms with Crippen molar-refractivity contribution in [2.75, 3.05) is 6.61 Å². The molecule has 16 heavy (non-hydrogen) atoms. The molecule has 0 aliphatic carbocycles. The lowest BCUT2D eigenvalue weighted by atomic mass is 9.86. The highest BCUT2D eigenvalue weighted by atomic mass is 16.5. The van der Waals surface area contributed by atoms with E-state index in [-0.39, 0.29) is 5.56 Å². The van der Waals surface area contributed by atoms with Gasteiger partial charge in [-0.25, -0.2) is 11.4 Å². The lowest BCUT2D eigenvalue weighted by Gasteiger charge is -2.25. The van der Waals surface area contributed by atoms with Crippen LogP contribution in [0.5, 0.6) is 0 Å². The van der Waals surface area contributed by atoms with Crippen LogP contribution in [0.3, 0.4) is 0 Å². The molecular formula is C12H11NO3. The van der Waals surface area contributed by atoms with Crippen LogP contribution in [0.15, 0.2) is 18.2 Å². The van der Waals surface area contributed by atoms with Crippen molar-refractivity contribution in [1.82, 2.24) is 0 Å². The maximum atomic E-state index is 10.9. The maximum Gasteiger partial charge on any atom is 0.335 e. The van der Waals surface area contributed by atoms with E-state index in [4.69, 9.17) is 16.4 Å². The second-order valence-electron chi connectivity index (χ2n) is 4.06. The standard InChI is InChI=1S/C12H11NO3/c1-12(13-2)7-16-6-9-4-3-8(11(14)15)5-10(9)12/h3-5H,6-7H2,1H3,(H,14,15)/t12-/m1/s1. The fourth-order valence-electron chi connectivity index (χ4n) is 1.87. The zero-order chi connectivity index (χ0) is 11.8. The molecule has 0 fully saturated rings. The molecule has 4 nitrogen and oxygen atoms in total. The summed E-state index contributed by atoms with van der Waals surface area (Å²) in [7, 11) is 0. The van der Waals surface area contributed by atoms with E-state index in [0.29, 0.717) is 13.2 Å². The minimum absolute atomic E-state index is 0.218. The van der Waals surface area contributed by atoms with Gasteiger partial charge in [-0.3, -0.25) is 0 Å². The molecule has 1 aromatic carbocycles. The van der Waals surface area contributed by atoms with Gasteiger partial charge in [-0.2, -0.15) is 0 Å². The first-order chi connectivity index (χ1) is 7.57. The molecule has 0 radical (unpaired) electrons. The molecular weight excluding hydrogens is 206 g/mol. The number of benzene rings is 1. The summed E-state index contributed by atoms with van der Waals surface area (Å²) >= 11 is 0. The summed E-state index contributed by atoms with van der Waals surface area (Å²) in [6, 6.07) is 4.85. The Bertz CT molecular complexity index is 490. The molecule has 0 unspecified atom stereocenters. The quantitative estimate of drug-likeness (QED) is 0.732. The third-order valence-corrected chi connectivity index (χ3v) is 2.82. The van der Waals surface area contributed by atoms with Crippen molar-refractivity contribution in [3.63, 3.8) is 0 Å². The van der Waals surface area contributed by atoms with Crippen molar-refractivity contribution < 1.29 is 14.6 Å². The van der Waals surface area contributed by atoms with Crippen LogP contribution in [0.4, 0.5) is 0 Å². The highest BCUT2D eigenvalue weighted by Gasteiger charge is 2.39. The zero-order valence-corrected chi connectivity index (χ0v) is 8.86. The minimum Gasteiger partial charge on any atom is -0.478 e. The monoisotopic (exact) mass is 217 g/mol. The Kier molecular flexibility index (Phi) is 2.41. The smallest absolute Gasteiger partial charge is 0.335 e. The third kappa shape index (κ3) is 1.55. The molecule has 0 spiro atoms. The van der Waals surface area contributed by atoms with Crippen molar-refractivity contribution in [3.8, 4) is 0 Å². The highest BCUT2D eigenvalue weighted by Crippen LogP contribution is 2.34. The van der Waals surface area contributed by atoms with Crippen LogP contribution in [0.2, 0.25) is 0 Å². The number of rotatable bonds is 1. The first-order valence-corrected chi connectivity index (χ1v) is 4.90. The summed E-state index contributed by atoms with van der Waals surface area (Å²) in [5.41, 5.74) is 1.12. The predicted molar refractivity (Wildman–Crippen MR) is 57.0 cm³/mol. The summed E-state index contributed by atoms with van der Waals surface area (Å²) in [5.74, 6) is -0.971. The fourth-order valence-corrected chi connectivity index (χ4v) is 1.87. The summed E-state index contributed by atoms with van der Waals surface area (Å²) in [6.45, 7) is 9.72. The Balaban J connectivity index is 2.58. The van der Waals surface area contributed by atoms with Gasteiger partial charge in [0.05, 0.1) is 12.2 Å². The Morgan fingerprint density at radius 2 is 2.38 bits per heavy atom. The van der Waals surface area contributed by atoms with Gasteiger partial charge in [0, 0.05) is 12.5 Å². The molecule has 0 bridgehead atoms. The number of fused-ring (bicyclic) bond motifs is 1. The number of hydrogen-bond donors (Lipinski definition) is 1. The lowest BCUT2D eigenvalue weighted by molar-refractivity contribution is 0.0684. The Morgan fingerprint density at radius 3 is 3.00 bits per heavy atom. The van der Waals surface area contributed by atoms with Crippen LogP contribution < -0.4 is 0 Å². The van der Waals surface area contributed by atoms with E-state index in [1.54, 1.807) is 25.1 Å². The molecule has 2 rings (SSSR count). The summed E-state index contributed by atoms with van der Waals surface area (Å²) in [6.07, 6.45) is 0. The number of carboxylic acids is 1. The number of hydrogen-bond acceptors (Lipinski definition) is 2. The Morgan fingerprint density at radius 1 is 1.62 bits per heavy atom. The van der Waals surface area contributed by atoms with Gasteiger partial charge in [-0.05, 0) is 17.7 Å². The largest absolute Gasteiger partial charge is 0.478 e. The first kappa shape index (κ1) is 10.7. The zero-order valence-electron chi connectivity index (χ0n) is 8.86. The van der Waals surface area contributed by atoms with Gasteiger partial charge < -0.3 is 14.7 Å². The van der Waals surface area contributed by atoms with Crippen molar-refractivity contribution in [3.05, 3.63) is 46.3 Å². The lowest BCUT2D eigenvalue weighted by Crippen LogP contribution is -2.30. The molecule has 1 aromatic rings. The number of ether oxygens (including phenoxy) is 1. The average Bonchev–Trinajstić information content (AvgIpc) is 2.29. The minimum atomic E-state index is -0.971. The van der Waals surface area contributed by atoms with Crippen LogP contribution in [-0.4, -0.2) is 17.7 Å². The normalized spacial score (nSPS) is 23.2. The summed E-state index contributed by atoms with van der Waals surface area (Å²) in [4.78, 5) is 14.4. The molecule has 0 amide bonds. The van der Waals surface area contributed by atoms with E-state index in [1.165, 1.54) is 0 Å². The fraction of sp³-hybridized carbons (Fsp3) is 0.333. The number of carbonyl (C=O) groups is 1. The van der Waals surface area contributed by atoms with Gasteiger partial charge in [0.25, 0.3) is 5.54 Å². The Hall–Kier alpha value is -1.86. The van der Waals surface area contributed by atoms with Crippen LogP contribution in [0.25, 0.3) is 4.85 Å². The molecule has 1 aliphatic rings. The van der Waals surface area contributed by atoms with E-state index >= 15 is 0 Å². The molecule has 1 N–H and O–H groups in total. The van der Waals surface area contributed by atoms with Crippen molar-refractivity contribution >= 4 is 5.97 Å². The average molecular weight is 217 g/mol. The number of aromatic carboxylic acids is 1. The van der Waals surface area contributed by atoms with E-state index in [1.807, 2.05) is 0 Å². The van der Waals surface area contributed by atoms with E-state index < -0.39 is 11.5 Å². The van der Waals surface area contributed by atoms with Crippen LogP contribution in [-0.2, 0) is 16.9 Å². The van der Waals surface area contributed by atoms with Crippen LogP contribution in [0, 0.1) is 6.57 Å². The van der Waals surface area contributed by atoms with E-state index in [0.717, 1.165) is 11.1 Å². The third-order valence-electron chi connectivity index (χ3n) is 2.82. The summed E-state index contributed by atoms with van der Waals surface area (Å²) < 4.78 is 5.34. The molecule has 82 valence electrons. The SMILES string of the molecule is [C-]#[N+][C@]1(C)COCc2ccc(C(=O)O)cc21. The topological polar surface area (TPSA) is 50.9 Å². The Labute approximate surface area is 93.3 Å². The van der Waals surface area contributed by atoms with Crippen LogP contribution in [0.1, 0.15) is 28.4 Å². The van der Waals surface area contributed by atoms with Gasteiger partial charge >= 0.3 is 5.97 Å². The first-order valence-electron chi connectivity index (χ1n) is 4.90. The maximum absolute atomic E-state index is 10.9. The van der Waals surface area contributed by atoms with Crippen molar-refractivity contribution in [1.29, 1.82) is 0 Å². The summed E-state index contributed by atoms with van der Waals surface area (Å²) in [5, 5.41) is 8.92. The molecule has 0 saturated carbocycles. The molecule has 1 atom stereocenters. The molecule has 1 heterocycles. The predicted octanol–water partition coefficient (Wildman–Crippen LogP) is 2.05. The second kappa shape index (κ2) is 3.62. The molecule has 0 aromatic heterocycles. The van der Waals surface area contributed by atoms with Gasteiger partial charge in [0.1, 0.15) is 6.61 Å².